The first-order valence-electron chi connectivity index (χ1n) is 6.78. The number of carbonyl (C=O) groups excluding carboxylic acids is 1. The number of piperidine rings is 1. The Kier molecular flexibility index (Phi) is 4.40. The average molecular weight is 240 g/mol. The highest BCUT2D eigenvalue weighted by atomic mass is 16.5. The molecule has 2 aliphatic rings. The third-order valence-electron chi connectivity index (χ3n) is 4.17. The van der Waals surface area contributed by atoms with Crippen LogP contribution in [0.15, 0.2) is 0 Å². The van der Waals surface area contributed by atoms with Gasteiger partial charge in [0.25, 0.3) is 0 Å². The smallest absolute Gasteiger partial charge is 0.249 e. The molecule has 0 saturated carbocycles. The van der Waals surface area contributed by atoms with Crippen molar-refractivity contribution < 1.29 is 9.53 Å². The molecule has 0 aromatic heterocycles. The second-order valence-corrected chi connectivity index (χ2v) is 5.53. The van der Waals surface area contributed by atoms with E-state index in [9.17, 15) is 4.79 Å². The van der Waals surface area contributed by atoms with Crippen molar-refractivity contribution in [2.45, 2.75) is 32.8 Å². The van der Waals surface area contributed by atoms with Crippen molar-refractivity contribution >= 4 is 5.91 Å². The minimum absolute atomic E-state index is 0.0766. The van der Waals surface area contributed by atoms with Crippen LogP contribution in [-0.4, -0.2) is 38.3 Å². The summed E-state index contributed by atoms with van der Waals surface area (Å²) in [4.78, 5) is 11.9. The van der Waals surface area contributed by atoms with Crippen molar-refractivity contribution in [1.82, 2.24) is 10.6 Å². The molecular weight excluding hydrogens is 216 g/mol. The Bertz CT molecular complexity index is 270. The predicted octanol–water partition coefficient (Wildman–Crippen LogP) is 0.773. The van der Waals surface area contributed by atoms with Crippen molar-refractivity contribution in [2.75, 3.05) is 26.2 Å². The van der Waals surface area contributed by atoms with E-state index in [1.807, 2.05) is 0 Å². The highest BCUT2D eigenvalue weighted by molar-refractivity contribution is 5.81. The third-order valence-corrected chi connectivity index (χ3v) is 4.17. The van der Waals surface area contributed by atoms with Gasteiger partial charge in [-0.1, -0.05) is 13.8 Å². The van der Waals surface area contributed by atoms with Gasteiger partial charge in [0, 0.05) is 13.2 Å². The minimum Gasteiger partial charge on any atom is -0.368 e. The number of rotatable bonds is 3. The molecule has 2 aliphatic heterocycles. The SMILES string of the molecule is CC1CCNCC1CNC(=O)C1OCCC1C. The zero-order chi connectivity index (χ0) is 12.3. The first kappa shape index (κ1) is 12.8. The summed E-state index contributed by atoms with van der Waals surface area (Å²) in [5.74, 6) is 1.69. The molecule has 98 valence electrons. The van der Waals surface area contributed by atoms with Gasteiger partial charge in [-0.2, -0.15) is 0 Å². The van der Waals surface area contributed by atoms with E-state index in [2.05, 4.69) is 24.5 Å². The molecule has 0 bridgehead atoms. The van der Waals surface area contributed by atoms with Gasteiger partial charge in [0.05, 0.1) is 0 Å². The molecule has 1 amide bonds. The van der Waals surface area contributed by atoms with Gasteiger partial charge in [0.2, 0.25) is 5.91 Å². The van der Waals surface area contributed by atoms with Gasteiger partial charge in [-0.05, 0) is 43.7 Å². The first-order chi connectivity index (χ1) is 8.18. The van der Waals surface area contributed by atoms with E-state index < -0.39 is 0 Å². The lowest BCUT2D eigenvalue weighted by atomic mass is 9.88. The fourth-order valence-electron chi connectivity index (χ4n) is 2.69. The molecule has 2 rings (SSSR count). The van der Waals surface area contributed by atoms with Crippen LogP contribution < -0.4 is 10.6 Å². The molecular formula is C13H24N2O2. The molecule has 2 saturated heterocycles. The maximum atomic E-state index is 11.9. The van der Waals surface area contributed by atoms with Gasteiger partial charge in [-0.3, -0.25) is 4.79 Å². The van der Waals surface area contributed by atoms with Crippen LogP contribution >= 0.6 is 0 Å². The second kappa shape index (κ2) is 5.83. The number of hydrogen-bond donors (Lipinski definition) is 2. The Morgan fingerprint density at radius 3 is 2.82 bits per heavy atom. The zero-order valence-electron chi connectivity index (χ0n) is 10.9. The minimum atomic E-state index is -0.221. The highest BCUT2D eigenvalue weighted by Crippen LogP contribution is 2.21. The first-order valence-corrected chi connectivity index (χ1v) is 6.78. The van der Waals surface area contributed by atoms with Crippen molar-refractivity contribution in [3.8, 4) is 0 Å². The van der Waals surface area contributed by atoms with Gasteiger partial charge in [0.15, 0.2) is 0 Å². The molecule has 0 aromatic rings. The Hall–Kier alpha value is -0.610. The number of ether oxygens (including phenoxy) is 1. The Morgan fingerprint density at radius 1 is 1.35 bits per heavy atom. The van der Waals surface area contributed by atoms with E-state index in [0.29, 0.717) is 17.8 Å². The van der Waals surface area contributed by atoms with Crippen LogP contribution in [-0.2, 0) is 9.53 Å². The summed E-state index contributed by atoms with van der Waals surface area (Å²) in [6.45, 7) is 7.98. The zero-order valence-corrected chi connectivity index (χ0v) is 10.9. The van der Waals surface area contributed by atoms with Crippen LogP contribution in [0, 0.1) is 17.8 Å². The van der Waals surface area contributed by atoms with Crippen molar-refractivity contribution in [2.24, 2.45) is 17.8 Å². The molecule has 0 aliphatic carbocycles. The summed E-state index contributed by atoms with van der Waals surface area (Å²) in [5, 5.41) is 6.44. The van der Waals surface area contributed by atoms with Crippen molar-refractivity contribution in [1.29, 1.82) is 0 Å². The van der Waals surface area contributed by atoms with Crippen molar-refractivity contribution in [3.63, 3.8) is 0 Å². The van der Waals surface area contributed by atoms with Crippen LogP contribution in [0.1, 0.15) is 26.7 Å². The standard InChI is InChI=1S/C13H24N2O2/c1-9-3-5-14-7-11(9)8-15-13(16)12-10(2)4-6-17-12/h9-12,14H,3-8H2,1-2H3,(H,15,16). The van der Waals surface area contributed by atoms with Crippen LogP contribution in [0.5, 0.6) is 0 Å². The van der Waals surface area contributed by atoms with E-state index in [-0.39, 0.29) is 12.0 Å². The Balaban J connectivity index is 1.75. The summed E-state index contributed by atoms with van der Waals surface area (Å²) < 4.78 is 5.47. The highest BCUT2D eigenvalue weighted by Gasteiger charge is 2.31. The van der Waals surface area contributed by atoms with E-state index in [1.165, 1.54) is 6.42 Å². The van der Waals surface area contributed by atoms with Crippen LogP contribution in [0.25, 0.3) is 0 Å². The molecule has 0 radical (unpaired) electrons. The lowest BCUT2D eigenvalue weighted by Gasteiger charge is -2.30. The Labute approximate surface area is 103 Å². The predicted molar refractivity (Wildman–Crippen MR) is 66.7 cm³/mol. The quantitative estimate of drug-likeness (QED) is 0.766. The van der Waals surface area contributed by atoms with E-state index >= 15 is 0 Å². The lowest BCUT2D eigenvalue weighted by molar-refractivity contribution is -0.131. The van der Waals surface area contributed by atoms with Crippen LogP contribution in [0.4, 0.5) is 0 Å². The van der Waals surface area contributed by atoms with Gasteiger partial charge in [0.1, 0.15) is 6.10 Å². The number of hydrogen-bond acceptors (Lipinski definition) is 3. The molecule has 2 N–H and O–H groups in total. The number of amides is 1. The monoisotopic (exact) mass is 240 g/mol. The summed E-state index contributed by atoms with van der Waals surface area (Å²) in [7, 11) is 0. The Morgan fingerprint density at radius 2 is 2.18 bits per heavy atom. The van der Waals surface area contributed by atoms with Gasteiger partial charge in [-0.25, -0.2) is 0 Å². The van der Waals surface area contributed by atoms with Gasteiger partial charge >= 0.3 is 0 Å². The summed E-state index contributed by atoms with van der Waals surface area (Å²) >= 11 is 0. The molecule has 17 heavy (non-hydrogen) atoms. The van der Waals surface area contributed by atoms with E-state index in [4.69, 9.17) is 4.74 Å². The largest absolute Gasteiger partial charge is 0.368 e. The van der Waals surface area contributed by atoms with Crippen LogP contribution in [0.2, 0.25) is 0 Å². The van der Waals surface area contributed by atoms with Gasteiger partial charge < -0.3 is 15.4 Å². The third kappa shape index (κ3) is 3.19. The second-order valence-electron chi connectivity index (χ2n) is 5.53. The molecule has 4 heteroatoms. The normalized spacial score (nSPS) is 38.0. The fraction of sp³-hybridized carbons (Fsp3) is 0.923. The van der Waals surface area contributed by atoms with Gasteiger partial charge in [-0.15, -0.1) is 0 Å². The summed E-state index contributed by atoms with van der Waals surface area (Å²) in [6.07, 6.45) is 1.98. The van der Waals surface area contributed by atoms with Crippen LogP contribution in [0.3, 0.4) is 0 Å². The maximum absolute atomic E-state index is 11.9. The van der Waals surface area contributed by atoms with Crippen molar-refractivity contribution in [3.05, 3.63) is 0 Å². The van der Waals surface area contributed by atoms with E-state index in [0.717, 1.165) is 32.7 Å². The fourth-order valence-corrected chi connectivity index (χ4v) is 2.69. The molecule has 4 unspecified atom stereocenters. The lowest BCUT2D eigenvalue weighted by Crippen LogP contribution is -2.45. The maximum Gasteiger partial charge on any atom is 0.249 e. The summed E-state index contributed by atoms with van der Waals surface area (Å²) in [6, 6.07) is 0. The topological polar surface area (TPSA) is 50.4 Å². The molecule has 2 heterocycles. The molecule has 4 atom stereocenters. The molecule has 0 aromatic carbocycles. The average Bonchev–Trinajstić information content (AvgIpc) is 2.74. The molecule has 2 fully saturated rings. The van der Waals surface area contributed by atoms with E-state index in [1.54, 1.807) is 0 Å². The molecule has 0 spiro atoms. The molecule has 4 nitrogen and oxygen atoms in total. The summed E-state index contributed by atoms with van der Waals surface area (Å²) in [5.41, 5.74) is 0. The number of carbonyl (C=O) groups is 1. The number of nitrogens with one attached hydrogen (secondary N) is 2.